The molecule has 1 N–H and O–H groups in total. The van der Waals surface area contributed by atoms with Crippen LogP contribution in [0, 0.1) is 5.92 Å². The van der Waals surface area contributed by atoms with E-state index in [2.05, 4.69) is 5.32 Å². The summed E-state index contributed by atoms with van der Waals surface area (Å²) < 4.78 is 5.01. The molecule has 2 saturated heterocycles. The van der Waals surface area contributed by atoms with Crippen molar-refractivity contribution in [2.75, 3.05) is 26.2 Å². The van der Waals surface area contributed by atoms with Crippen LogP contribution in [0.1, 0.15) is 51.9 Å². The average molecular weight is 351 g/mol. The van der Waals surface area contributed by atoms with Gasteiger partial charge in [0.1, 0.15) is 0 Å². The molecule has 1 atom stereocenters. The molecule has 3 fully saturated rings. The zero-order valence-electron chi connectivity index (χ0n) is 15.0. The molecule has 2 heterocycles. The number of amides is 3. The molecular formula is C18H29N3O4. The van der Waals surface area contributed by atoms with Crippen molar-refractivity contribution in [3.63, 3.8) is 0 Å². The Labute approximate surface area is 149 Å². The summed E-state index contributed by atoms with van der Waals surface area (Å²) in [5.74, 6) is -0.108. The summed E-state index contributed by atoms with van der Waals surface area (Å²) in [4.78, 5) is 40.1. The lowest BCUT2D eigenvalue weighted by atomic mass is 10.0. The molecule has 140 valence electrons. The predicted octanol–water partition coefficient (Wildman–Crippen LogP) is 1.51. The Kier molecular flexibility index (Phi) is 5.81. The number of nitrogens with zero attached hydrogens (tertiary/aromatic N) is 2. The zero-order valence-corrected chi connectivity index (χ0v) is 15.0. The number of carbonyl (C=O) groups is 3. The molecule has 7 heteroatoms. The van der Waals surface area contributed by atoms with E-state index in [9.17, 15) is 14.4 Å². The Balaban J connectivity index is 1.44. The van der Waals surface area contributed by atoms with Crippen molar-refractivity contribution in [1.29, 1.82) is 0 Å². The fourth-order valence-corrected chi connectivity index (χ4v) is 4.22. The van der Waals surface area contributed by atoms with Gasteiger partial charge in [0, 0.05) is 38.1 Å². The van der Waals surface area contributed by atoms with Crippen LogP contribution < -0.4 is 5.32 Å². The van der Waals surface area contributed by atoms with Gasteiger partial charge in [-0.25, -0.2) is 4.79 Å². The van der Waals surface area contributed by atoms with Crippen molar-refractivity contribution >= 4 is 17.9 Å². The van der Waals surface area contributed by atoms with Gasteiger partial charge in [-0.2, -0.15) is 0 Å². The number of likely N-dealkylation sites (tertiary alicyclic amines) is 2. The number of piperidine rings is 1. The van der Waals surface area contributed by atoms with Crippen molar-refractivity contribution in [2.45, 2.75) is 64.0 Å². The van der Waals surface area contributed by atoms with E-state index in [4.69, 9.17) is 4.74 Å². The van der Waals surface area contributed by atoms with Gasteiger partial charge in [0.2, 0.25) is 11.8 Å². The van der Waals surface area contributed by atoms with Crippen LogP contribution in [0.15, 0.2) is 0 Å². The maximum atomic E-state index is 12.5. The molecule has 0 spiro atoms. The molecule has 3 rings (SSSR count). The van der Waals surface area contributed by atoms with Gasteiger partial charge in [0.25, 0.3) is 0 Å². The van der Waals surface area contributed by atoms with E-state index in [0.29, 0.717) is 38.7 Å². The molecule has 3 aliphatic rings. The monoisotopic (exact) mass is 351 g/mol. The fraction of sp³-hybridized carbons (Fsp3) is 0.833. The zero-order chi connectivity index (χ0) is 17.8. The minimum Gasteiger partial charge on any atom is -0.450 e. The quantitative estimate of drug-likeness (QED) is 0.833. The van der Waals surface area contributed by atoms with Gasteiger partial charge in [0.05, 0.1) is 12.5 Å². The normalized spacial score (nSPS) is 25.5. The van der Waals surface area contributed by atoms with Gasteiger partial charge < -0.3 is 19.9 Å². The molecule has 7 nitrogen and oxygen atoms in total. The summed E-state index contributed by atoms with van der Waals surface area (Å²) in [5, 5.41) is 3.09. The van der Waals surface area contributed by atoms with Crippen molar-refractivity contribution in [1.82, 2.24) is 15.1 Å². The maximum Gasteiger partial charge on any atom is 0.409 e. The lowest BCUT2D eigenvalue weighted by Crippen LogP contribution is -2.48. The van der Waals surface area contributed by atoms with Gasteiger partial charge in [-0.15, -0.1) is 0 Å². The van der Waals surface area contributed by atoms with Crippen LogP contribution in [0.25, 0.3) is 0 Å². The molecule has 0 unspecified atom stereocenters. The van der Waals surface area contributed by atoms with Crippen molar-refractivity contribution in [3.8, 4) is 0 Å². The third-order valence-electron chi connectivity index (χ3n) is 5.66. The number of hydrogen-bond acceptors (Lipinski definition) is 4. The van der Waals surface area contributed by atoms with Gasteiger partial charge in [0.15, 0.2) is 0 Å². The molecule has 2 aliphatic heterocycles. The molecule has 1 aliphatic carbocycles. The molecule has 3 amide bonds. The highest BCUT2D eigenvalue weighted by Gasteiger charge is 2.39. The summed E-state index contributed by atoms with van der Waals surface area (Å²) in [6, 6.07) is 0.423. The molecule has 0 aromatic rings. The number of nitrogens with one attached hydrogen (secondary N) is 1. The molecule has 0 aromatic heterocycles. The standard InChI is InChI=1S/C18H29N3O4/c1-2-25-18(24)20-9-7-14(8-10-20)19-17(23)13-11-16(22)21(12-13)15-5-3-4-6-15/h13-15H,2-12H2,1H3,(H,19,23)/t13-/m0/s1. The van der Waals surface area contributed by atoms with Crippen LogP contribution in [-0.4, -0.2) is 66.0 Å². The highest BCUT2D eigenvalue weighted by molar-refractivity contribution is 5.89. The first-order valence-electron chi connectivity index (χ1n) is 9.60. The van der Waals surface area contributed by atoms with E-state index in [0.717, 1.165) is 25.7 Å². The molecule has 25 heavy (non-hydrogen) atoms. The first kappa shape index (κ1) is 18.0. The van der Waals surface area contributed by atoms with E-state index < -0.39 is 0 Å². The Morgan fingerprint density at radius 2 is 1.84 bits per heavy atom. The van der Waals surface area contributed by atoms with E-state index in [1.165, 1.54) is 12.8 Å². The summed E-state index contributed by atoms with van der Waals surface area (Å²) in [7, 11) is 0. The van der Waals surface area contributed by atoms with Crippen LogP contribution in [0.5, 0.6) is 0 Å². The number of carbonyl (C=O) groups excluding carboxylic acids is 3. The van der Waals surface area contributed by atoms with Crippen LogP contribution in [-0.2, 0) is 14.3 Å². The summed E-state index contributed by atoms with van der Waals surface area (Å²) in [6.45, 7) is 3.94. The van der Waals surface area contributed by atoms with Crippen LogP contribution in [0.2, 0.25) is 0 Å². The second-order valence-corrected chi connectivity index (χ2v) is 7.35. The largest absolute Gasteiger partial charge is 0.450 e. The Morgan fingerprint density at radius 1 is 1.16 bits per heavy atom. The first-order chi connectivity index (χ1) is 12.1. The van der Waals surface area contributed by atoms with Crippen LogP contribution >= 0.6 is 0 Å². The van der Waals surface area contributed by atoms with Gasteiger partial charge in [-0.05, 0) is 32.6 Å². The maximum absolute atomic E-state index is 12.5. The first-order valence-corrected chi connectivity index (χ1v) is 9.60. The predicted molar refractivity (Wildman–Crippen MR) is 91.8 cm³/mol. The van der Waals surface area contributed by atoms with Gasteiger partial charge in [-0.1, -0.05) is 12.8 Å². The van der Waals surface area contributed by atoms with E-state index in [1.807, 2.05) is 4.90 Å². The number of ether oxygens (including phenoxy) is 1. The van der Waals surface area contributed by atoms with Crippen molar-refractivity contribution in [3.05, 3.63) is 0 Å². The van der Waals surface area contributed by atoms with Gasteiger partial charge in [-0.3, -0.25) is 9.59 Å². The SMILES string of the molecule is CCOC(=O)N1CCC(NC(=O)[C@H]2CC(=O)N(C3CCCC3)C2)CC1. The van der Waals surface area contributed by atoms with Crippen molar-refractivity contribution in [2.24, 2.45) is 5.92 Å². The second-order valence-electron chi connectivity index (χ2n) is 7.35. The molecule has 0 aromatic carbocycles. The average Bonchev–Trinajstić information content (AvgIpc) is 3.25. The smallest absolute Gasteiger partial charge is 0.409 e. The van der Waals surface area contributed by atoms with E-state index in [1.54, 1.807) is 11.8 Å². The summed E-state index contributed by atoms with van der Waals surface area (Å²) in [5.41, 5.74) is 0. The fourth-order valence-electron chi connectivity index (χ4n) is 4.22. The third kappa shape index (κ3) is 4.25. The van der Waals surface area contributed by atoms with E-state index in [-0.39, 0.29) is 29.9 Å². The summed E-state index contributed by atoms with van der Waals surface area (Å²) >= 11 is 0. The lowest BCUT2D eigenvalue weighted by Gasteiger charge is -2.32. The minimum atomic E-state index is -0.277. The number of hydrogen-bond donors (Lipinski definition) is 1. The topological polar surface area (TPSA) is 79.0 Å². The third-order valence-corrected chi connectivity index (χ3v) is 5.66. The van der Waals surface area contributed by atoms with E-state index >= 15 is 0 Å². The second kappa shape index (κ2) is 8.06. The van der Waals surface area contributed by atoms with Crippen LogP contribution in [0.3, 0.4) is 0 Å². The molecule has 0 radical (unpaired) electrons. The van der Waals surface area contributed by atoms with Crippen LogP contribution in [0.4, 0.5) is 4.79 Å². The highest BCUT2D eigenvalue weighted by Crippen LogP contribution is 2.29. The molecular weight excluding hydrogens is 322 g/mol. The molecule has 0 bridgehead atoms. The van der Waals surface area contributed by atoms with Gasteiger partial charge >= 0.3 is 6.09 Å². The lowest BCUT2D eigenvalue weighted by molar-refractivity contribution is -0.130. The Morgan fingerprint density at radius 3 is 2.48 bits per heavy atom. The highest BCUT2D eigenvalue weighted by atomic mass is 16.6. The Bertz CT molecular complexity index is 510. The summed E-state index contributed by atoms with van der Waals surface area (Å²) in [6.07, 6.45) is 6.05. The van der Waals surface area contributed by atoms with Crippen molar-refractivity contribution < 1.29 is 19.1 Å². The Hall–Kier alpha value is -1.79. The minimum absolute atomic E-state index is 0.0107. The number of rotatable bonds is 4. The molecule has 1 saturated carbocycles.